The molecule has 8 heteroatoms. The Morgan fingerprint density at radius 1 is 1.19 bits per heavy atom. The van der Waals surface area contributed by atoms with E-state index in [1.165, 1.54) is 0 Å². The number of nitrogens with two attached hydrogens (primary N) is 1. The predicted molar refractivity (Wildman–Crippen MR) is 108 cm³/mol. The zero-order chi connectivity index (χ0) is 19.0. The number of sulfonamides is 1. The molecule has 1 rings (SSSR count). The standard InChI is InChI=1S/C18H31N3O3S.ClH/c1-5-6-7-16(12-19)21-17(22)8-9-20-25(23,24)18-14(3)10-13(2)11-15(18)4;/h10-11,16,20H,5-9,12,19H2,1-4H3,(H,21,22);1H. The highest BCUT2D eigenvalue weighted by Crippen LogP contribution is 2.21. The Kier molecular flexibility index (Phi) is 11.0. The van der Waals surface area contributed by atoms with Crippen molar-refractivity contribution in [3.63, 3.8) is 0 Å². The van der Waals surface area contributed by atoms with E-state index in [0.29, 0.717) is 22.6 Å². The summed E-state index contributed by atoms with van der Waals surface area (Å²) in [5.41, 5.74) is 8.09. The van der Waals surface area contributed by atoms with Crippen LogP contribution < -0.4 is 15.8 Å². The number of nitrogens with one attached hydrogen (secondary N) is 2. The summed E-state index contributed by atoms with van der Waals surface area (Å²) in [6.45, 7) is 8.02. The molecule has 0 aliphatic carbocycles. The largest absolute Gasteiger partial charge is 0.352 e. The lowest BCUT2D eigenvalue weighted by Gasteiger charge is -2.17. The molecule has 1 unspecified atom stereocenters. The van der Waals surface area contributed by atoms with E-state index in [1.807, 2.05) is 19.1 Å². The number of rotatable bonds is 10. The van der Waals surface area contributed by atoms with Crippen LogP contribution >= 0.6 is 12.4 Å². The van der Waals surface area contributed by atoms with E-state index in [9.17, 15) is 13.2 Å². The van der Waals surface area contributed by atoms with E-state index in [-0.39, 0.29) is 37.3 Å². The molecule has 0 fully saturated rings. The SMILES string of the molecule is CCCCC(CN)NC(=O)CCNS(=O)(=O)c1c(C)cc(C)cc1C.Cl. The van der Waals surface area contributed by atoms with Gasteiger partial charge in [-0.25, -0.2) is 13.1 Å². The maximum absolute atomic E-state index is 12.5. The monoisotopic (exact) mass is 405 g/mol. The molecule has 0 saturated carbocycles. The fourth-order valence-corrected chi connectivity index (χ4v) is 4.44. The van der Waals surface area contributed by atoms with Gasteiger partial charge in [0.1, 0.15) is 0 Å². The lowest BCUT2D eigenvalue weighted by molar-refractivity contribution is -0.121. The molecular formula is C18H32ClN3O3S. The van der Waals surface area contributed by atoms with Crippen LogP contribution in [0.15, 0.2) is 17.0 Å². The maximum Gasteiger partial charge on any atom is 0.241 e. The van der Waals surface area contributed by atoms with Crippen LogP contribution in [-0.4, -0.2) is 33.5 Å². The Hall–Kier alpha value is -1.15. The van der Waals surface area contributed by atoms with Crippen molar-refractivity contribution < 1.29 is 13.2 Å². The molecule has 6 nitrogen and oxygen atoms in total. The number of benzene rings is 1. The number of halogens is 1. The zero-order valence-corrected chi connectivity index (χ0v) is 17.7. The van der Waals surface area contributed by atoms with Crippen LogP contribution in [0.1, 0.15) is 49.3 Å². The summed E-state index contributed by atoms with van der Waals surface area (Å²) in [6.07, 6.45) is 2.97. The van der Waals surface area contributed by atoms with Crippen LogP contribution in [0.2, 0.25) is 0 Å². The minimum absolute atomic E-state index is 0. The summed E-state index contributed by atoms with van der Waals surface area (Å²) in [4.78, 5) is 12.3. The molecule has 0 radical (unpaired) electrons. The van der Waals surface area contributed by atoms with Gasteiger partial charge in [0.2, 0.25) is 15.9 Å². The highest BCUT2D eigenvalue weighted by Gasteiger charge is 2.20. The second-order valence-electron chi connectivity index (χ2n) is 6.52. The minimum atomic E-state index is -3.64. The van der Waals surface area contributed by atoms with Crippen LogP contribution in [0, 0.1) is 20.8 Å². The third kappa shape index (κ3) is 7.61. The van der Waals surface area contributed by atoms with E-state index >= 15 is 0 Å². The van der Waals surface area contributed by atoms with Crippen molar-refractivity contribution in [2.75, 3.05) is 13.1 Å². The van der Waals surface area contributed by atoms with Crippen molar-refractivity contribution in [2.45, 2.75) is 64.3 Å². The molecule has 150 valence electrons. The molecule has 4 N–H and O–H groups in total. The van der Waals surface area contributed by atoms with Crippen molar-refractivity contribution in [3.05, 3.63) is 28.8 Å². The number of carbonyl (C=O) groups is 1. The molecular weight excluding hydrogens is 374 g/mol. The van der Waals surface area contributed by atoms with E-state index in [1.54, 1.807) is 13.8 Å². The smallest absolute Gasteiger partial charge is 0.241 e. The molecule has 26 heavy (non-hydrogen) atoms. The second-order valence-corrected chi connectivity index (χ2v) is 8.22. The van der Waals surface area contributed by atoms with Crippen molar-refractivity contribution >= 4 is 28.3 Å². The summed E-state index contributed by atoms with van der Waals surface area (Å²) >= 11 is 0. The Bertz CT molecular complexity index is 670. The van der Waals surface area contributed by atoms with Gasteiger partial charge in [-0.3, -0.25) is 4.79 Å². The topological polar surface area (TPSA) is 101 Å². The van der Waals surface area contributed by atoms with Gasteiger partial charge in [-0.05, 0) is 38.3 Å². The molecule has 0 saturated heterocycles. The lowest BCUT2D eigenvalue weighted by atomic mass is 10.1. The van der Waals surface area contributed by atoms with Gasteiger partial charge in [-0.2, -0.15) is 0 Å². The Morgan fingerprint density at radius 3 is 2.27 bits per heavy atom. The summed E-state index contributed by atoms with van der Waals surface area (Å²) < 4.78 is 27.6. The van der Waals surface area contributed by atoms with Gasteiger partial charge in [-0.1, -0.05) is 37.5 Å². The summed E-state index contributed by atoms with van der Waals surface area (Å²) in [5.74, 6) is -0.188. The fourth-order valence-electron chi connectivity index (χ4n) is 2.96. The minimum Gasteiger partial charge on any atom is -0.352 e. The first kappa shape index (κ1) is 24.8. The van der Waals surface area contributed by atoms with Gasteiger partial charge in [0, 0.05) is 25.6 Å². The van der Waals surface area contributed by atoms with Crippen LogP contribution in [0.5, 0.6) is 0 Å². The van der Waals surface area contributed by atoms with Crippen molar-refractivity contribution in [2.24, 2.45) is 5.73 Å². The highest BCUT2D eigenvalue weighted by molar-refractivity contribution is 7.89. The van der Waals surface area contributed by atoms with E-state index in [4.69, 9.17) is 5.73 Å². The molecule has 0 bridgehead atoms. The van der Waals surface area contributed by atoms with Gasteiger partial charge in [0.25, 0.3) is 0 Å². The molecule has 1 amide bonds. The zero-order valence-electron chi connectivity index (χ0n) is 16.1. The van der Waals surface area contributed by atoms with E-state index < -0.39 is 10.0 Å². The number of aryl methyl sites for hydroxylation is 3. The summed E-state index contributed by atoms with van der Waals surface area (Å²) in [7, 11) is -3.64. The third-order valence-electron chi connectivity index (χ3n) is 4.07. The Labute approximate surface area is 163 Å². The predicted octanol–water partition coefficient (Wildman–Crippen LogP) is 2.34. The summed E-state index contributed by atoms with van der Waals surface area (Å²) in [6, 6.07) is 3.63. The quantitative estimate of drug-likeness (QED) is 0.556. The molecule has 0 aliphatic rings. The van der Waals surface area contributed by atoms with E-state index in [2.05, 4.69) is 17.0 Å². The number of amides is 1. The van der Waals surface area contributed by atoms with Gasteiger partial charge in [0.05, 0.1) is 4.90 Å². The first-order valence-corrected chi connectivity index (χ1v) is 10.3. The van der Waals surface area contributed by atoms with Crippen LogP contribution in [0.3, 0.4) is 0 Å². The van der Waals surface area contributed by atoms with E-state index in [0.717, 1.165) is 24.8 Å². The molecule has 0 aliphatic heterocycles. The first-order chi connectivity index (χ1) is 11.7. The van der Waals surface area contributed by atoms with Crippen molar-refractivity contribution in [3.8, 4) is 0 Å². The molecule has 1 atom stereocenters. The average molecular weight is 406 g/mol. The number of unbranched alkanes of at least 4 members (excludes halogenated alkanes) is 1. The lowest BCUT2D eigenvalue weighted by Crippen LogP contribution is -2.41. The van der Waals surface area contributed by atoms with Gasteiger partial charge in [-0.15, -0.1) is 12.4 Å². The molecule has 1 aromatic rings. The normalized spacial score (nSPS) is 12.3. The highest BCUT2D eigenvalue weighted by atomic mass is 35.5. The van der Waals surface area contributed by atoms with Gasteiger partial charge >= 0.3 is 0 Å². The number of hydrogen-bond acceptors (Lipinski definition) is 4. The van der Waals surface area contributed by atoms with Crippen molar-refractivity contribution in [1.82, 2.24) is 10.0 Å². The Balaban J connectivity index is 0.00000625. The third-order valence-corrected chi connectivity index (χ3v) is 5.84. The average Bonchev–Trinajstić information content (AvgIpc) is 2.49. The maximum atomic E-state index is 12.5. The molecule has 0 spiro atoms. The first-order valence-electron chi connectivity index (χ1n) is 8.78. The molecule has 1 aromatic carbocycles. The Morgan fingerprint density at radius 2 is 1.77 bits per heavy atom. The van der Waals surface area contributed by atoms with Crippen molar-refractivity contribution in [1.29, 1.82) is 0 Å². The van der Waals surface area contributed by atoms with Crippen LogP contribution in [0.4, 0.5) is 0 Å². The van der Waals surface area contributed by atoms with Crippen LogP contribution in [-0.2, 0) is 14.8 Å². The molecule has 0 aromatic heterocycles. The number of hydrogen-bond donors (Lipinski definition) is 3. The molecule has 0 heterocycles. The van der Waals surface area contributed by atoms with Gasteiger partial charge < -0.3 is 11.1 Å². The van der Waals surface area contributed by atoms with Crippen LogP contribution in [0.25, 0.3) is 0 Å². The number of carbonyl (C=O) groups excluding carboxylic acids is 1. The summed E-state index contributed by atoms with van der Waals surface area (Å²) in [5, 5.41) is 2.86. The second kappa shape index (κ2) is 11.5. The van der Waals surface area contributed by atoms with Gasteiger partial charge in [0.15, 0.2) is 0 Å². The fraction of sp³-hybridized carbons (Fsp3) is 0.611.